The Morgan fingerprint density at radius 1 is 1.24 bits per heavy atom. The number of aryl methyl sites for hydroxylation is 2. The summed E-state index contributed by atoms with van der Waals surface area (Å²) < 4.78 is 0. The van der Waals surface area contributed by atoms with Crippen molar-refractivity contribution in [2.45, 2.75) is 26.7 Å². The molecule has 0 atom stereocenters. The maximum atomic E-state index is 12.0. The van der Waals surface area contributed by atoms with Crippen molar-refractivity contribution in [1.82, 2.24) is 5.32 Å². The molecule has 2 rings (SSSR count). The molecule has 0 bridgehead atoms. The third-order valence-electron chi connectivity index (χ3n) is 3.48. The van der Waals surface area contributed by atoms with Crippen LogP contribution in [0.2, 0.25) is 0 Å². The highest BCUT2D eigenvalue weighted by molar-refractivity contribution is 5.92. The molecule has 1 amide bonds. The highest BCUT2D eigenvalue weighted by Gasteiger charge is 2.20. The predicted molar refractivity (Wildman–Crippen MR) is 70.1 cm³/mol. The van der Waals surface area contributed by atoms with Crippen LogP contribution in [0.1, 0.15) is 24.0 Å². The van der Waals surface area contributed by atoms with E-state index in [-0.39, 0.29) is 11.8 Å². The van der Waals surface area contributed by atoms with Crippen molar-refractivity contribution < 1.29 is 4.79 Å². The minimum Gasteiger partial charge on any atom is -0.326 e. The number of amides is 1. The first-order chi connectivity index (χ1) is 8.16. The molecular formula is C14H20N2O. The molecule has 1 aromatic carbocycles. The number of anilines is 1. The lowest BCUT2D eigenvalue weighted by molar-refractivity contribution is -0.120. The van der Waals surface area contributed by atoms with E-state index in [0.29, 0.717) is 0 Å². The second-order valence-corrected chi connectivity index (χ2v) is 4.81. The Morgan fingerprint density at radius 3 is 2.59 bits per heavy atom. The van der Waals surface area contributed by atoms with E-state index < -0.39 is 0 Å². The van der Waals surface area contributed by atoms with E-state index in [9.17, 15) is 4.79 Å². The van der Waals surface area contributed by atoms with Crippen molar-refractivity contribution in [3.05, 3.63) is 29.3 Å². The van der Waals surface area contributed by atoms with Gasteiger partial charge in [0.2, 0.25) is 5.91 Å². The summed E-state index contributed by atoms with van der Waals surface area (Å²) in [6.45, 7) is 6.04. The van der Waals surface area contributed by atoms with E-state index in [1.165, 1.54) is 11.1 Å². The largest absolute Gasteiger partial charge is 0.326 e. The molecule has 1 aliphatic rings. The van der Waals surface area contributed by atoms with Crippen molar-refractivity contribution in [3.8, 4) is 0 Å². The van der Waals surface area contributed by atoms with Crippen molar-refractivity contribution in [2.75, 3.05) is 18.4 Å². The molecule has 0 spiro atoms. The van der Waals surface area contributed by atoms with Crippen LogP contribution in [-0.4, -0.2) is 19.0 Å². The Morgan fingerprint density at radius 2 is 1.94 bits per heavy atom. The van der Waals surface area contributed by atoms with Crippen LogP contribution in [0.3, 0.4) is 0 Å². The SMILES string of the molecule is Cc1ccc(NC(=O)C2CCNCC2)cc1C. The molecular weight excluding hydrogens is 212 g/mol. The van der Waals surface area contributed by atoms with Gasteiger partial charge in [-0.25, -0.2) is 0 Å². The summed E-state index contributed by atoms with van der Waals surface area (Å²) in [5.41, 5.74) is 3.38. The fourth-order valence-electron chi connectivity index (χ4n) is 2.15. The van der Waals surface area contributed by atoms with Gasteiger partial charge in [0.05, 0.1) is 0 Å². The third-order valence-corrected chi connectivity index (χ3v) is 3.48. The number of carbonyl (C=O) groups is 1. The van der Waals surface area contributed by atoms with E-state index in [2.05, 4.69) is 24.5 Å². The quantitative estimate of drug-likeness (QED) is 0.821. The van der Waals surface area contributed by atoms with Gasteiger partial charge in [0, 0.05) is 11.6 Å². The van der Waals surface area contributed by atoms with Gasteiger partial charge in [0.1, 0.15) is 0 Å². The lowest BCUT2D eigenvalue weighted by atomic mass is 9.97. The Kier molecular flexibility index (Phi) is 3.79. The molecule has 3 nitrogen and oxygen atoms in total. The van der Waals surface area contributed by atoms with E-state index in [4.69, 9.17) is 0 Å². The Bertz CT molecular complexity index is 409. The molecule has 2 N–H and O–H groups in total. The number of piperidine rings is 1. The number of carbonyl (C=O) groups excluding carboxylic acids is 1. The van der Waals surface area contributed by atoms with Gasteiger partial charge in [-0.15, -0.1) is 0 Å². The van der Waals surface area contributed by atoms with Gasteiger partial charge in [-0.05, 0) is 63.0 Å². The summed E-state index contributed by atoms with van der Waals surface area (Å²) in [5.74, 6) is 0.326. The number of hydrogen-bond acceptors (Lipinski definition) is 2. The fourth-order valence-corrected chi connectivity index (χ4v) is 2.15. The average Bonchev–Trinajstić information content (AvgIpc) is 2.35. The lowest BCUT2D eigenvalue weighted by Gasteiger charge is -2.21. The van der Waals surface area contributed by atoms with E-state index >= 15 is 0 Å². The second kappa shape index (κ2) is 5.32. The number of nitrogens with one attached hydrogen (secondary N) is 2. The molecule has 0 aliphatic carbocycles. The number of rotatable bonds is 2. The fraction of sp³-hybridized carbons (Fsp3) is 0.500. The number of hydrogen-bond donors (Lipinski definition) is 2. The molecule has 0 saturated carbocycles. The molecule has 17 heavy (non-hydrogen) atoms. The Balaban J connectivity index is 1.99. The second-order valence-electron chi connectivity index (χ2n) is 4.81. The van der Waals surface area contributed by atoms with Crippen molar-refractivity contribution >= 4 is 11.6 Å². The molecule has 0 aromatic heterocycles. The highest BCUT2D eigenvalue weighted by atomic mass is 16.1. The summed E-state index contributed by atoms with van der Waals surface area (Å²) in [7, 11) is 0. The van der Waals surface area contributed by atoms with Gasteiger partial charge in [0.25, 0.3) is 0 Å². The van der Waals surface area contributed by atoms with Crippen LogP contribution in [-0.2, 0) is 4.79 Å². The lowest BCUT2D eigenvalue weighted by Crippen LogP contribution is -2.34. The van der Waals surface area contributed by atoms with Gasteiger partial charge in [-0.2, -0.15) is 0 Å². The van der Waals surface area contributed by atoms with Crippen LogP contribution < -0.4 is 10.6 Å². The van der Waals surface area contributed by atoms with Crippen molar-refractivity contribution in [2.24, 2.45) is 5.92 Å². The van der Waals surface area contributed by atoms with Crippen LogP contribution >= 0.6 is 0 Å². The molecule has 1 aromatic rings. The van der Waals surface area contributed by atoms with Crippen molar-refractivity contribution in [3.63, 3.8) is 0 Å². The molecule has 0 radical (unpaired) electrons. The zero-order valence-corrected chi connectivity index (χ0v) is 10.5. The highest BCUT2D eigenvalue weighted by Crippen LogP contribution is 2.18. The van der Waals surface area contributed by atoms with Crippen LogP contribution in [0.5, 0.6) is 0 Å². The van der Waals surface area contributed by atoms with E-state index in [0.717, 1.165) is 31.6 Å². The van der Waals surface area contributed by atoms with Crippen LogP contribution in [0.25, 0.3) is 0 Å². The summed E-state index contributed by atoms with van der Waals surface area (Å²) in [6, 6.07) is 6.06. The summed E-state index contributed by atoms with van der Waals surface area (Å²) in [5, 5.41) is 6.28. The smallest absolute Gasteiger partial charge is 0.227 e. The monoisotopic (exact) mass is 232 g/mol. The van der Waals surface area contributed by atoms with Crippen LogP contribution in [0.4, 0.5) is 5.69 Å². The molecule has 1 aliphatic heterocycles. The Labute approximate surface area is 103 Å². The van der Waals surface area contributed by atoms with Gasteiger partial charge >= 0.3 is 0 Å². The molecule has 0 unspecified atom stereocenters. The maximum absolute atomic E-state index is 12.0. The normalized spacial score (nSPS) is 16.8. The minimum atomic E-state index is 0.162. The van der Waals surface area contributed by atoms with Crippen molar-refractivity contribution in [1.29, 1.82) is 0 Å². The zero-order chi connectivity index (χ0) is 12.3. The first kappa shape index (κ1) is 12.1. The first-order valence-electron chi connectivity index (χ1n) is 6.25. The predicted octanol–water partition coefficient (Wildman–Crippen LogP) is 2.24. The van der Waals surface area contributed by atoms with Gasteiger partial charge in [-0.1, -0.05) is 6.07 Å². The molecule has 1 saturated heterocycles. The summed E-state index contributed by atoms with van der Waals surface area (Å²) >= 11 is 0. The first-order valence-corrected chi connectivity index (χ1v) is 6.25. The van der Waals surface area contributed by atoms with Gasteiger partial charge in [0.15, 0.2) is 0 Å². The molecule has 92 valence electrons. The molecule has 1 fully saturated rings. The van der Waals surface area contributed by atoms with Gasteiger partial charge < -0.3 is 10.6 Å². The standard InChI is InChI=1S/C14H20N2O/c1-10-3-4-13(9-11(10)2)16-14(17)12-5-7-15-8-6-12/h3-4,9,12,15H,5-8H2,1-2H3,(H,16,17). The van der Waals surface area contributed by atoms with Gasteiger partial charge in [-0.3, -0.25) is 4.79 Å². The van der Waals surface area contributed by atoms with E-state index in [1.54, 1.807) is 0 Å². The topological polar surface area (TPSA) is 41.1 Å². The van der Waals surface area contributed by atoms with Crippen LogP contribution in [0, 0.1) is 19.8 Å². The third kappa shape index (κ3) is 3.07. The zero-order valence-electron chi connectivity index (χ0n) is 10.5. The van der Waals surface area contributed by atoms with Crippen LogP contribution in [0.15, 0.2) is 18.2 Å². The minimum absolute atomic E-state index is 0.162. The summed E-state index contributed by atoms with van der Waals surface area (Å²) in [6.07, 6.45) is 1.88. The maximum Gasteiger partial charge on any atom is 0.227 e. The molecule has 1 heterocycles. The summed E-state index contributed by atoms with van der Waals surface area (Å²) in [4.78, 5) is 12.0. The Hall–Kier alpha value is -1.35. The number of benzene rings is 1. The van der Waals surface area contributed by atoms with E-state index in [1.807, 2.05) is 18.2 Å². The molecule has 3 heteroatoms. The average molecular weight is 232 g/mol.